The van der Waals surface area contributed by atoms with Gasteiger partial charge >= 0.3 is 0 Å². The molecule has 1 aromatic carbocycles. The van der Waals surface area contributed by atoms with Crippen molar-refractivity contribution in [2.24, 2.45) is 5.92 Å². The van der Waals surface area contributed by atoms with E-state index in [1.54, 1.807) is 12.1 Å². The maximum Gasteiger partial charge on any atom is 0.251 e. The number of anilines is 1. The molecule has 2 fully saturated rings. The van der Waals surface area contributed by atoms with E-state index in [1.807, 2.05) is 0 Å². The number of hydrogen-bond acceptors (Lipinski definition) is 4. The van der Waals surface area contributed by atoms with E-state index < -0.39 is 0 Å². The van der Waals surface area contributed by atoms with E-state index in [0.29, 0.717) is 23.7 Å². The molecule has 0 saturated carbocycles. The lowest BCUT2D eigenvalue weighted by molar-refractivity contribution is 0.0942. The molecule has 1 amide bonds. The summed E-state index contributed by atoms with van der Waals surface area (Å²) >= 11 is 0. The highest BCUT2D eigenvalue weighted by atomic mass is 35.5. The predicted molar refractivity (Wildman–Crippen MR) is 104 cm³/mol. The Balaban J connectivity index is 0.00000156. The minimum atomic E-state index is -0.312. The van der Waals surface area contributed by atoms with Crippen LogP contribution >= 0.6 is 24.8 Å². The molecule has 0 bridgehead atoms. The summed E-state index contributed by atoms with van der Waals surface area (Å²) in [4.78, 5) is 16.5. The quantitative estimate of drug-likeness (QED) is 0.801. The van der Waals surface area contributed by atoms with E-state index in [4.69, 9.17) is 0 Å². The Morgan fingerprint density at radius 2 is 1.92 bits per heavy atom. The zero-order chi connectivity index (χ0) is 16.2. The average Bonchev–Trinajstić information content (AvgIpc) is 2.53. The molecule has 3 rings (SSSR count). The van der Waals surface area contributed by atoms with Gasteiger partial charge in [0.1, 0.15) is 5.82 Å². The highest BCUT2D eigenvalue weighted by Crippen LogP contribution is 2.22. The number of benzene rings is 1. The number of likely N-dealkylation sites (N-methyl/N-ethyl adjacent to an activating group) is 1. The van der Waals surface area contributed by atoms with Crippen molar-refractivity contribution in [3.8, 4) is 0 Å². The number of carbonyl (C=O) groups excluding carboxylic acids is 1. The Hall–Kier alpha value is -1.08. The van der Waals surface area contributed by atoms with E-state index in [2.05, 4.69) is 27.4 Å². The topological polar surface area (TPSA) is 47.6 Å². The van der Waals surface area contributed by atoms with E-state index in [0.717, 1.165) is 45.8 Å². The molecule has 0 unspecified atom stereocenters. The van der Waals surface area contributed by atoms with Gasteiger partial charge in [-0.3, -0.25) is 4.79 Å². The minimum absolute atomic E-state index is 0. The molecule has 2 heterocycles. The molecule has 0 radical (unpaired) electrons. The number of piperazine rings is 1. The molecule has 2 saturated heterocycles. The van der Waals surface area contributed by atoms with Gasteiger partial charge in [-0.1, -0.05) is 6.92 Å². The molecule has 8 heteroatoms. The molecular formula is C17H27Cl2FN4O. The van der Waals surface area contributed by atoms with Gasteiger partial charge in [0.05, 0.1) is 5.69 Å². The summed E-state index contributed by atoms with van der Waals surface area (Å²) in [5, 5.41) is 6.04. The molecule has 1 aromatic rings. The van der Waals surface area contributed by atoms with Crippen molar-refractivity contribution in [3.05, 3.63) is 29.6 Å². The van der Waals surface area contributed by atoms with Crippen LogP contribution in [0, 0.1) is 11.7 Å². The molecule has 2 aliphatic rings. The van der Waals surface area contributed by atoms with Crippen molar-refractivity contribution >= 4 is 36.4 Å². The third-order valence-electron chi connectivity index (χ3n) is 4.79. The first-order chi connectivity index (χ1) is 11.2. The van der Waals surface area contributed by atoms with Gasteiger partial charge < -0.3 is 20.4 Å². The standard InChI is InChI=1S/C17H25FN4O.2ClH/c1-2-21-5-7-22(8-6-21)16-4-3-14(9-15(16)18)17(23)20-12-13-10-19-11-13;;/h3-4,9,13,19H,2,5-8,10-12H2,1H3,(H,20,23);2*1H. The molecule has 0 aromatic heterocycles. The van der Waals surface area contributed by atoms with Crippen LogP contribution in [0.5, 0.6) is 0 Å². The van der Waals surface area contributed by atoms with Gasteiger partial charge in [-0.15, -0.1) is 24.8 Å². The van der Waals surface area contributed by atoms with Gasteiger partial charge in [0.15, 0.2) is 0 Å². The smallest absolute Gasteiger partial charge is 0.251 e. The molecule has 5 nitrogen and oxygen atoms in total. The third kappa shape index (κ3) is 5.45. The Morgan fingerprint density at radius 1 is 1.24 bits per heavy atom. The molecular weight excluding hydrogens is 366 g/mol. The maximum absolute atomic E-state index is 14.4. The zero-order valence-corrected chi connectivity index (χ0v) is 16.1. The monoisotopic (exact) mass is 392 g/mol. The Bertz CT molecular complexity index is 564. The third-order valence-corrected chi connectivity index (χ3v) is 4.79. The SMILES string of the molecule is CCN1CCN(c2ccc(C(=O)NCC3CNC3)cc2F)CC1.Cl.Cl. The molecule has 142 valence electrons. The van der Waals surface area contributed by atoms with Crippen LogP contribution < -0.4 is 15.5 Å². The Labute approximate surface area is 161 Å². The first-order valence-corrected chi connectivity index (χ1v) is 8.43. The lowest BCUT2D eigenvalue weighted by atomic mass is 10.0. The lowest BCUT2D eigenvalue weighted by Crippen LogP contribution is -2.48. The van der Waals surface area contributed by atoms with Gasteiger partial charge in [0.25, 0.3) is 5.91 Å². The van der Waals surface area contributed by atoms with E-state index in [9.17, 15) is 9.18 Å². The summed E-state index contributed by atoms with van der Waals surface area (Å²) in [5.74, 6) is -0.0102. The number of carbonyl (C=O) groups is 1. The summed E-state index contributed by atoms with van der Waals surface area (Å²) in [6.45, 7) is 9.26. The number of nitrogens with one attached hydrogen (secondary N) is 2. The average molecular weight is 393 g/mol. The highest BCUT2D eigenvalue weighted by molar-refractivity contribution is 5.94. The lowest BCUT2D eigenvalue weighted by Gasteiger charge is -2.35. The highest BCUT2D eigenvalue weighted by Gasteiger charge is 2.21. The summed E-state index contributed by atoms with van der Waals surface area (Å²) in [6.07, 6.45) is 0. The number of nitrogens with zero attached hydrogens (tertiary/aromatic N) is 2. The first kappa shape index (κ1) is 22.0. The van der Waals surface area contributed by atoms with Crippen LogP contribution in [0.1, 0.15) is 17.3 Å². The van der Waals surface area contributed by atoms with Crippen LogP contribution in [0.4, 0.5) is 10.1 Å². The second-order valence-electron chi connectivity index (χ2n) is 6.32. The largest absolute Gasteiger partial charge is 0.367 e. The molecule has 25 heavy (non-hydrogen) atoms. The summed E-state index contributed by atoms with van der Waals surface area (Å²) < 4.78 is 14.4. The second kappa shape index (κ2) is 10.2. The summed E-state index contributed by atoms with van der Waals surface area (Å²) in [6, 6.07) is 4.81. The fourth-order valence-electron chi connectivity index (χ4n) is 3.04. The number of halogens is 3. The maximum atomic E-state index is 14.4. The van der Waals surface area contributed by atoms with Gasteiger partial charge in [0, 0.05) is 57.3 Å². The van der Waals surface area contributed by atoms with Crippen LogP contribution in [0.25, 0.3) is 0 Å². The number of hydrogen-bond donors (Lipinski definition) is 2. The van der Waals surface area contributed by atoms with Gasteiger partial charge in [-0.05, 0) is 24.7 Å². The van der Waals surface area contributed by atoms with Gasteiger partial charge in [-0.25, -0.2) is 4.39 Å². The van der Waals surface area contributed by atoms with Crippen molar-refractivity contribution in [1.29, 1.82) is 0 Å². The zero-order valence-electron chi connectivity index (χ0n) is 14.5. The Morgan fingerprint density at radius 3 is 2.44 bits per heavy atom. The molecule has 2 N–H and O–H groups in total. The van der Waals surface area contributed by atoms with Crippen molar-refractivity contribution < 1.29 is 9.18 Å². The number of amides is 1. The van der Waals surface area contributed by atoms with Gasteiger partial charge in [0.2, 0.25) is 0 Å². The fourth-order valence-corrected chi connectivity index (χ4v) is 3.04. The van der Waals surface area contributed by atoms with Crippen molar-refractivity contribution in [1.82, 2.24) is 15.5 Å². The van der Waals surface area contributed by atoms with Crippen LogP contribution in [0.2, 0.25) is 0 Å². The van der Waals surface area contributed by atoms with Crippen molar-refractivity contribution in [2.45, 2.75) is 6.92 Å². The number of rotatable bonds is 5. The molecule has 0 atom stereocenters. The molecule has 2 aliphatic heterocycles. The van der Waals surface area contributed by atoms with Crippen molar-refractivity contribution in [3.63, 3.8) is 0 Å². The first-order valence-electron chi connectivity index (χ1n) is 8.43. The van der Waals surface area contributed by atoms with Crippen LogP contribution in [0.15, 0.2) is 18.2 Å². The Kier molecular flexibility index (Phi) is 8.93. The second-order valence-corrected chi connectivity index (χ2v) is 6.32. The van der Waals surface area contributed by atoms with E-state index in [1.165, 1.54) is 6.07 Å². The van der Waals surface area contributed by atoms with Crippen LogP contribution in [-0.2, 0) is 0 Å². The summed E-state index contributed by atoms with van der Waals surface area (Å²) in [5.41, 5.74) is 0.992. The minimum Gasteiger partial charge on any atom is -0.367 e. The molecule has 0 spiro atoms. The summed E-state index contributed by atoms with van der Waals surface area (Å²) in [7, 11) is 0. The predicted octanol–water partition coefficient (Wildman–Crippen LogP) is 1.76. The van der Waals surface area contributed by atoms with Crippen molar-refractivity contribution in [2.75, 3.05) is 57.3 Å². The molecule has 0 aliphatic carbocycles. The van der Waals surface area contributed by atoms with E-state index >= 15 is 0 Å². The van der Waals surface area contributed by atoms with Crippen LogP contribution in [0.3, 0.4) is 0 Å². The normalized spacial score (nSPS) is 17.9. The van der Waals surface area contributed by atoms with E-state index in [-0.39, 0.29) is 36.5 Å². The van der Waals surface area contributed by atoms with Crippen LogP contribution in [-0.4, -0.2) is 63.2 Å². The fraction of sp³-hybridized carbons (Fsp3) is 0.588. The van der Waals surface area contributed by atoms with Gasteiger partial charge in [-0.2, -0.15) is 0 Å².